The van der Waals surface area contributed by atoms with Gasteiger partial charge < -0.3 is 9.47 Å². The molecule has 3 nitrogen and oxygen atoms in total. The zero-order valence-electron chi connectivity index (χ0n) is 10.7. The van der Waals surface area contributed by atoms with E-state index in [1.54, 1.807) is 36.4 Å². The number of hydrogen-bond donors (Lipinski definition) is 0. The van der Waals surface area contributed by atoms with Crippen LogP contribution in [0.2, 0.25) is 5.02 Å². The van der Waals surface area contributed by atoms with E-state index in [9.17, 15) is 0 Å². The van der Waals surface area contributed by atoms with Crippen LogP contribution in [0.15, 0.2) is 36.4 Å². The molecule has 0 aliphatic heterocycles. The molecule has 2 aromatic rings. The summed E-state index contributed by atoms with van der Waals surface area (Å²) >= 11 is 11.8. The molecule has 2 rings (SSSR count). The van der Waals surface area contributed by atoms with Crippen molar-refractivity contribution in [3.8, 4) is 23.3 Å². The maximum absolute atomic E-state index is 8.88. The van der Waals surface area contributed by atoms with Crippen LogP contribution >= 0.6 is 23.2 Å². The van der Waals surface area contributed by atoms with E-state index in [0.29, 0.717) is 33.7 Å². The normalized spacial score (nSPS) is 9.90. The Hall–Kier alpha value is -1.89. The molecular weight excluding hydrogens is 297 g/mol. The number of halogens is 2. The fourth-order valence-electron chi connectivity index (χ4n) is 1.67. The minimum Gasteiger partial charge on any atom is -0.493 e. The van der Waals surface area contributed by atoms with E-state index >= 15 is 0 Å². The van der Waals surface area contributed by atoms with Gasteiger partial charge in [0, 0.05) is 16.7 Å². The van der Waals surface area contributed by atoms with E-state index in [1.165, 1.54) is 7.11 Å². The Bertz CT molecular complexity index is 665. The van der Waals surface area contributed by atoms with Crippen molar-refractivity contribution in [3.63, 3.8) is 0 Å². The van der Waals surface area contributed by atoms with Crippen LogP contribution in [0.25, 0.3) is 0 Å². The summed E-state index contributed by atoms with van der Waals surface area (Å²) in [5.74, 6) is 1.85. The van der Waals surface area contributed by atoms with Gasteiger partial charge >= 0.3 is 0 Å². The summed E-state index contributed by atoms with van der Waals surface area (Å²) in [6, 6.07) is 12.2. The van der Waals surface area contributed by atoms with Crippen molar-refractivity contribution in [1.82, 2.24) is 0 Å². The first-order valence-electron chi connectivity index (χ1n) is 5.78. The molecule has 0 radical (unpaired) electrons. The molecule has 0 saturated heterocycles. The summed E-state index contributed by atoms with van der Waals surface area (Å²) in [4.78, 5) is 0. The number of methoxy groups -OCH3 is 1. The smallest absolute Gasteiger partial charge is 0.169 e. The average Bonchev–Trinajstić information content (AvgIpc) is 2.48. The van der Waals surface area contributed by atoms with Gasteiger partial charge in [-0.2, -0.15) is 5.26 Å². The molecule has 5 heteroatoms. The van der Waals surface area contributed by atoms with Crippen molar-refractivity contribution in [3.05, 3.63) is 52.5 Å². The first-order valence-corrected chi connectivity index (χ1v) is 6.69. The second-order valence-electron chi connectivity index (χ2n) is 3.97. The number of rotatable bonds is 4. The Morgan fingerprint density at radius 2 is 1.90 bits per heavy atom. The summed E-state index contributed by atoms with van der Waals surface area (Å²) in [5, 5.41) is 9.43. The Kier molecular flexibility index (Phi) is 4.73. The summed E-state index contributed by atoms with van der Waals surface area (Å²) < 4.78 is 11.0. The van der Waals surface area contributed by atoms with Gasteiger partial charge in [0.2, 0.25) is 0 Å². The molecule has 0 bridgehead atoms. The van der Waals surface area contributed by atoms with Crippen molar-refractivity contribution in [2.45, 2.75) is 5.88 Å². The lowest BCUT2D eigenvalue weighted by atomic mass is 10.2. The zero-order valence-corrected chi connectivity index (χ0v) is 12.2. The molecule has 0 amide bonds. The molecule has 0 unspecified atom stereocenters. The van der Waals surface area contributed by atoms with Gasteiger partial charge in [-0.25, -0.2) is 0 Å². The predicted octanol–water partition coefficient (Wildman–Crippen LogP) is 4.75. The average molecular weight is 308 g/mol. The molecule has 0 heterocycles. The number of benzene rings is 2. The maximum atomic E-state index is 8.88. The van der Waals surface area contributed by atoms with Crippen LogP contribution in [0.5, 0.6) is 17.2 Å². The maximum Gasteiger partial charge on any atom is 0.169 e. The fraction of sp³-hybridized carbons (Fsp3) is 0.133. The van der Waals surface area contributed by atoms with Crippen molar-refractivity contribution in [2.75, 3.05) is 7.11 Å². The van der Waals surface area contributed by atoms with Crippen LogP contribution < -0.4 is 9.47 Å². The highest BCUT2D eigenvalue weighted by atomic mass is 35.5. The molecule has 0 N–H and O–H groups in total. The molecule has 0 aromatic heterocycles. The molecule has 0 aliphatic carbocycles. The van der Waals surface area contributed by atoms with Crippen molar-refractivity contribution in [1.29, 1.82) is 5.26 Å². The Morgan fingerprint density at radius 1 is 1.10 bits per heavy atom. The second-order valence-corrected chi connectivity index (χ2v) is 4.67. The van der Waals surface area contributed by atoms with E-state index < -0.39 is 0 Å². The highest BCUT2D eigenvalue weighted by molar-refractivity contribution is 6.30. The van der Waals surface area contributed by atoms with Gasteiger partial charge in [-0.15, -0.1) is 11.6 Å². The van der Waals surface area contributed by atoms with Gasteiger partial charge in [0.25, 0.3) is 0 Å². The number of ether oxygens (including phenoxy) is 2. The fourth-order valence-corrected chi connectivity index (χ4v) is 2.06. The third kappa shape index (κ3) is 3.16. The predicted molar refractivity (Wildman–Crippen MR) is 78.8 cm³/mol. The van der Waals surface area contributed by atoms with E-state index in [4.69, 9.17) is 37.9 Å². The highest BCUT2D eigenvalue weighted by Gasteiger charge is 2.10. The largest absolute Gasteiger partial charge is 0.493 e. The van der Waals surface area contributed by atoms with Crippen LogP contribution in [0.4, 0.5) is 0 Å². The van der Waals surface area contributed by atoms with Crippen LogP contribution in [-0.4, -0.2) is 7.11 Å². The number of nitriles is 1. The van der Waals surface area contributed by atoms with E-state index in [-0.39, 0.29) is 0 Å². The van der Waals surface area contributed by atoms with Gasteiger partial charge in [0.05, 0.1) is 24.6 Å². The van der Waals surface area contributed by atoms with Gasteiger partial charge in [-0.05, 0) is 24.3 Å². The molecular formula is C15H11Cl2NO2. The standard InChI is InChI=1S/C15H11Cl2NO2/c1-19-15-6-10(9-18)2-5-13(15)20-14-7-12(17)4-3-11(14)8-16/h2-7H,8H2,1H3. The minimum atomic E-state index is 0.311. The molecule has 0 atom stereocenters. The van der Waals surface area contributed by atoms with Crippen LogP contribution in [0.3, 0.4) is 0 Å². The zero-order chi connectivity index (χ0) is 14.5. The summed E-state index contributed by atoms with van der Waals surface area (Å²) in [6.45, 7) is 0. The number of nitrogens with zero attached hydrogens (tertiary/aromatic N) is 1. The summed E-state index contributed by atoms with van der Waals surface area (Å²) in [7, 11) is 1.52. The topological polar surface area (TPSA) is 42.2 Å². The van der Waals surface area contributed by atoms with Crippen LogP contribution in [-0.2, 0) is 5.88 Å². The summed E-state index contributed by atoms with van der Waals surface area (Å²) in [5.41, 5.74) is 1.32. The lowest BCUT2D eigenvalue weighted by Crippen LogP contribution is -1.94. The summed E-state index contributed by atoms with van der Waals surface area (Å²) in [6.07, 6.45) is 0. The number of alkyl halides is 1. The molecule has 0 saturated carbocycles. The Balaban J connectivity index is 2.39. The molecule has 20 heavy (non-hydrogen) atoms. The third-order valence-electron chi connectivity index (χ3n) is 2.69. The molecule has 0 spiro atoms. The highest BCUT2D eigenvalue weighted by Crippen LogP contribution is 2.35. The third-order valence-corrected chi connectivity index (χ3v) is 3.21. The lowest BCUT2D eigenvalue weighted by molar-refractivity contribution is 0.378. The Labute approximate surface area is 127 Å². The van der Waals surface area contributed by atoms with E-state index in [0.717, 1.165) is 5.56 Å². The van der Waals surface area contributed by atoms with Crippen LogP contribution in [0.1, 0.15) is 11.1 Å². The molecule has 102 valence electrons. The first kappa shape index (κ1) is 14.5. The van der Waals surface area contributed by atoms with Crippen LogP contribution in [0, 0.1) is 11.3 Å². The van der Waals surface area contributed by atoms with E-state index in [1.807, 2.05) is 6.07 Å². The molecule has 2 aromatic carbocycles. The SMILES string of the molecule is COc1cc(C#N)ccc1Oc1cc(Cl)ccc1CCl. The van der Waals surface area contributed by atoms with Gasteiger partial charge in [-0.3, -0.25) is 0 Å². The lowest BCUT2D eigenvalue weighted by Gasteiger charge is -2.13. The minimum absolute atomic E-state index is 0.311. The van der Waals surface area contributed by atoms with Gasteiger partial charge in [0.15, 0.2) is 11.5 Å². The molecule has 0 aliphatic rings. The quantitative estimate of drug-likeness (QED) is 0.765. The Morgan fingerprint density at radius 3 is 2.55 bits per heavy atom. The second kappa shape index (κ2) is 6.51. The molecule has 0 fully saturated rings. The van der Waals surface area contributed by atoms with Crippen molar-refractivity contribution >= 4 is 23.2 Å². The number of hydrogen-bond acceptors (Lipinski definition) is 3. The monoisotopic (exact) mass is 307 g/mol. The van der Waals surface area contributed by atoms with Crippen molar-refractivity contribution < 1.29 is 9.47 Å². The van der Waals surface area contributed by atoms with E-state index in [2.05, 4.69) is 0 Å². The first-order chi connectivity index (χ1) is 9.67. The van der Waals surface area contributed by atoms with Gasteiger partial charge in [-0.1, -0.05) is 17.7 Å². The van der Waals surface area contributed by atoms with Crippen molar-refractivity contribution in [2.24, 2.45) is 0 Å². The van der Waals surface area contributed by atoms with Gasteiger partial charge in [0.1, 0.15) is 5.75 Å².